The van der Waals surface area contributed by atoms with E-state index in [2.05, 4.69) is 17.4 Å². The van der Waals surface area contributed by atoms with E-state index in [9.17, 15) is 4.79 Å². The summed E-state index contributed by atoms with van der Waals surface area (Å²) in [6, 6.07) is 12.3. The molecule has 2 aromatic carbocycles. The van der Waals surface area contributed by atoms with Gasteiger partial charge in [-0.2, -0.15) is 0 Å². The summed E-state index contributed by atoms with van der Waals surface area (Å²) < 4.78 is 5.46. The predicted molar refractivity (Wildman–Crippen MR) is 94.9 cm³/mol. The van der Waals surface area contributed by atoms with E-state index >= 15 is 0 Å². The largest absolute Gasteiger partial charge is 0.496 e. The van der Waals surface area contributed by atoms with Crippen LogP contribution in [0.4, 0.5) is 0 Å². The van der Waals surface area contributed by atoms with Gasteiger partial charge >= 0.3 is 0 Å². The van der Waals surface area contributed by atoms with Crippen molar-refractivity contribution < 1.29 is 9.53 Å². The third-order valence-corrected chi connectivity index (χ3v) is 4.50. The van der Waals surface area contributed by atoms with E-state index in [4.69, 9.17) is 10.5 Å². The average molecular weight is 335 g/mol. The first-order valence-corrected chi connectivity index (χ1v) is 7.77. The molecule has 3 N–H and O–H groups in total. The van der Waals surface area contributed by atoms with Gasteiger partial charge in [-0.05, 0) is 36.1 Å². The molecule has 124 valence electrons. The molecule has 0 saturated heterocycles. The Morgan fingerprint density at radius 1 is 1.26 bits per heavy atom. The minimum absolute atomic E-state index is 0. The zero-order valence-corrected chi connectivity index (χ0v) is 14.1. The van der Waals surface area contributed by atoms with E-state index in [0.717, 1.165) is 41.3 Å². The van der Waals surface area contributed by atoms with Gasteiger partial charge in [-0.15, -0.1) is 12.4 Å². The molecule has 1 saturated carbocycles. The lowest BCUT2D eigenvalue weighted by Crippen LogP contribution is -2.30. The molecule has 0 aliphatic heterocycles. The van der Waals surface area contributed by atoms with E-state index in [0.29, 0.717) is 6.54 Å². The molecular formula is C18H23ClN2O2. The Bertz CT molecular complexity index is 690. The number of amides is 1. The van der Waals surface area contributed by atoms with Crippen LogP contribution in [0.5, 0.6) is 5.75 Å². The third-order valence-electron chi connectivity index (χ3n) is 4.50. The van der Waals surface area contributed by atoms with E-state index in [1.807, 2.05) is 24.3 Å². The molecule has 3 rings (SSSR count). The Kier molecular flexibility index (Phi) is 5.85. The molecule has 1 amide bonds. The monoisotopic (exact) mass is 334 g/mol. The average Bonchev–Trinajstić information content (AvgIpc) is 2.98. The van der Waals surface area contributed by atoms with Gasteiger partial charge in [0.25, 0.3) is 0 Å². The maximum Gasteiger partial charge on any atom is 0.223 e. The molecule has 23 heavy (non-hydrogen) atoms. The molecule has 2 unspecified atom stereocenters. The Morgan fingerprint density at radius 3 is 2.74 bits per heavy atom. The maximum absolute atomic E-state index is 12.3. The number of carbonyl (C=O) groups is 1. The highest BCUT2D eigenvalue weighted by atomic mass is 35.5. The highest BCUT2D eigenvalue weighted by Gasteiger charge is 2.27. The topological polar surface area (TPSA) is 64.3 Å². The summed E-state index contributed by atoms with van der Waals surface area (Å²) in [6.45, 7) is 0.481. The maximum atomic E-state index is 12.3. The summed E-state index contributed by atoms with van der Waals surface area (Å²) in [5.74, 6) is 0.959. The number of hydrogen-bond acceptors (Lipinski definition) is 3. The van der Waals surface area contributed by atoms with Gasteiger partial charge in [0.05, 0.1) is 7.11 Å². The summed E-state index contributed by atoms with van der Waals surface area (Å²) in [7, 11) is 1.66. The number of carbonyl (C=O) groups excluding carboxylic acids is 1. The van der Waals surface area contributed by atoms with Gasteiger partial charge in [0.15, 0.2) is 0 Å². The Morgan fingerprint density at radius 2 is 2.04 bits per heavy atom. The number of benzene rings is 2. The van der Waals surface area contributed by atoms with E-state index in [-0.39, 0.29) is 30.3 Å². The van der Waals surface area contributed by atoms with Crippen LogP contribution in [-0.4, -0.2) is 19.1 Å². The zero-order valence-electron chi connectivity index (χ0n) is 13.2. The van der Waals surface area contributed by atoms with Gasteiger partial charge in [0.1, 0.15) is 5.75 Å². The number of nitrogens with two attached hydrogens (primary N) is 1. The number of nitrogens with one attached hydrogen (secondary N) is 1. The van der Waals surface area contributed by atoms with Gasteiger partial charge in [-0.3, -0.25) is 4.79 Å². The molecule has 0 heterocycles. The second-order valence-electron chi connectivity index (χ2n) is 5.96. The van der Waals surface area contributed by atoms with Crippen LogP contribution in [0.2, 0.25) is 0 Å². The molecule has 0 spiro atoms. The number of rotatable bonds is 4. The minimum Gasteiger partial charge on any atom is -0.496 e. The number of halogens is 1. The Hall–Kier alpha value is -1.78. The summed E-state index contributed by atoms with van der Waals surface area (Å²) in [5, 5.41) is 5.32. The van der Waals surface area contributed by atoms with Crippen molar-refractivity contribution in [3.8, 4) is 5.75 Å². The van der Waals surface area contributed by atoms with E-state index in [1.165, 1.54) is 0 Å². The number of ether oxygens (including phenoxy) is 1. The van der Waals surface area contributed by atoms with Crippen LogP contribution in [0.3, 0.4) is 0 Å². The van der Waals surface area contributed by atoms with E-state index in [1.54, 1.807) is 7.11 Å². The Balaban J connectivity index is 0.00000192. The fraction of sp³-hybridized carbons (Fsp3) is 0.389. The van der Waals surface area contributed by atoms with Crippen LogP contribution < -0.4 is 15.8 Å². The van der Waals surface area contributed by atoms with Gasteiger partial charge in [0.2, 0.25) is 5.91 Å². The van der Waals surface area contributed by atoms with Crippen LogP contribution in [-0.2, 0) is 11.3 Å². The lowest BCUT2D eigenvalue weighted by molar-refractivity contribution is -0.125. The summed E-state index contributed by atoms with van der Waals surface area (Å²) in [6.07, 6.45) is 2.62. The zero-order chi connectivity index (χ0) is 15.5. The molecule has 1 fully saturated rings. The van der Waals surface area contributed by atoms with Crippen molar-refractivity contribution in [3.05, 3.63) is 42.0 Å². The quantitative estimate of drug-likeness (QED) is 0.903. The molecule has 0 radical (unpaired) electrons. The van der Waals surface area contributed by atoms with E-state index < -0.39 is 0 Å². The highest BCUT2D eigenvalue weighted by Crippen LogP contribution is 2.28. The van der Waals surface area contributed by atoms with Crippen molar-refractivity contribution in [1.29, 1.82) is 0 Å². The fourth-order valence-corrected chi connectivity index (χ4v) is 3.26. The lowest BCUT2D eigenvalue weighted by atomic mass is 10.0. The second-order valence-corrected chi connectivity index (χ2v) is 5.96. The summed E-state index contributed by atoms with van der Waals surface area (Å²) >= 11 is 0. The summed E-state index contributed by atoms with van der Waals surface area (Å²) in [5.41, 5.74) is 6.91. The molecule has 2 atom stereocenters. The number of fused-ring (bicyclic) bond motifs is 1. The molecule has 4 nitrogen and oxygen atoms in total. The normalized spacial score (nSPS) is 20.1. The molecule has 1 aliphatic carbocycles. The molecule has 0 bridgehead atoms. The van der Waals surface area contributed by atoms with Crippen LogP contribution >= 0.6 is 12.4 Å². The van der Waals surface area contributed by atoms with Gasteiger partial charge in [-0.25, -0.2) is 0 Å². The molecular weight excluding hydrogens is 312 g/mol. The predicted octanol–water partition coefficient (Wildman–Crippen LogP) is 3.01. The number of hydrogen-bond donors (Lipinski definition) is 2. The van der Waals surface area contributed by atoms with Crippen molar-refractivity contribution in [2.24, 2.45) is 11.7 Å². The van der Waals surface area contributed by atoms with Crippen LogP contribution in [0, 0.1) is 5.92 Å². The highest BCUT2D eigenvalue weighted by molar-refractivity contribution is 5.88. The molecule has 2 aromatic rings. The summed E-state index contributed by atoms with van der Waals surface area (Å²) in [4.78, 5) is 12.3. The van der Waals surface area contributed by atoms with Gasteiger partial charge in [-0.1, -0.05) is 30.3 Å². The fourth-order valence-electron chi connectivity index (χ4n) is 3.26. The van der Waals surface area contributed by atoms with Crippen molar-refractivity contribution in [1.82, 2.24) is 5.32 Å². The SMILES string of the molecule is COc1ccc2ccccc2c1CNC(=O)C1CCC(N)C1.Cl. The first kappa shape index (κ1) is 17.6. The van der Waals surface area contributed by atoms with Crippen LogP contribution in [0.25, 0.3) is 10.8 Å². The minimum atomic E-state index is 0. The van der Waals surface area contributed by atoms with Crippen molar-refractivity contribution >= 4 is 29.1 Å². The van der Waals surface area contributed by atoms with Crippen molar-refractivity contribution in [2.45, 2.75) is 31.8 Å². The van der Waals surface area contributed by atoms with Crippen LogP contribution in [0.15, 0.2) is 36.4 Å². The van der Waals surface area contributed by atoms with Crippen LogP contribution in [0.1, 0.15) is 24.8 Å². The second kappa shape index (κ2) is 7.66. The van der Waals surface area contributed by atoms with Crippen molar-refractivity contribution in [3.63, 3.8) is 0 Å². The standard InChI is InChI=1S/C18H22N2O2.ClH/c1-22-17-9-7-12-4-2-3-5-15(12)16(17)11-20-18(21)13-6-8-14(19)10-13;/h2-5,7,9,13-14H,6,8,10-11,19H2,1H3,(H,20,21);1H. The van der Waals surface area contributed by atoms with Gasteiger partial charge < -0.3 is 15.8 Å². The lowest BCUT2D eigenvalue weighted by Gasteiger charge is -2.15. The Labute approximate surface area is 142 Å². The first-order chi connectivity index (χ1) is 10.7. The number of methoxy groups -OCH3 is 1. The molecule has 5 heteroatoms. The third kappa shape index (κ3) is 3.77. The van der Waals surface area contributed by atoms with Crippen molar-refractivity contribution in [2.75, 3.05) is 7.11 Å². The smallest absolute Gasteiger partial charge is 0.223 e. The first-order valence-electron chi connectivity index (χ1n) is 7.77. The van der Waals surface area contributed by atoms with Gasteiger partial charge in [0, 0.05) is 24.1 Å². The molecule has 0 aromatic heterocycles. The molecule has 1 aliphatic rings.